The Balaban J connectivity index is 1.69. The van der Waals surface area contributed by atoms with E-state index in [0.717, 1.165) is 11.1 Å². The second-order valence-corrected chi connectivity index (χ2v) is 5.39. The van der Waals surface area contributed by atoms with Gasteiger partial charge in [0.05, 0.1) is 12.6 Å². The maximum atomic E-state index is 12.4. The fourth-order valence-corrected chi connectivity index (χ4v) is 2.57. The summed E-state index contributed by atoms with van der Waals surface area (Å²) in [6.45, 7) is 2.75. The van der Waals surface area contributed by atoms with E-state index in [1.54, 1.807) is 4.90 Å². The maximum Gasteiger partial charge on any atom is 0.412 e. The molecule has 0 radical (unpaired) electrons. The van der Waals surface area contributed by atoms with Gasteiger partial charge in [0.1, 0.15) is 6.61 Å². The molecule has 1 fully saturated rings. The summed E-state index contributed by atoms with van der Waals surface area (Å²) in [6.07, 6.45) is -0.720. The van der Waals surface area contributed by atoms with Crippen LogP contribution in [0.1, 0.15) is 24.3 Å². The van der Waals surface area contributed by atoms with Crippen molar-refractivity contribution in [2.24, 2.45) is 0 Å². The smallest absolute Gasteiger partial charge is 0.412 e. The lowest BCUT2D eigenvalue weighted by Crippen LogP contribution is -2.37. The van der Waals surface area contributed by atoms with E-state index in [4.69, 9.17) is 9.47 Å². The normalized spacial score (nSPS) is 20.9. The second kappa shape index (κ2) is 6.62. The minimum absolute atomic E-state index is 0.00604. The zero-order valence-electron chi connectivity index (χ0n) is 12.5. The van der Waals surface area contributed by atoms with E-state index >= 15 is 0 Å². The number of hydrogen-bond donors (Lipinski definition) is 0. The molecule has 0 aliphatic carbocycles. The monoisotopic (exact) mass is 297 g/mol. The molecule has 22 heavy (non-hydrogen) atoms. The van der Waals surface area contributed by atoms with Gasteiger partial charge in [-0.05, 0) is 12.5 Å². The largest absolute Gasteiger partial charge is 0.444 e. The zero-order valence-corrected chi connectivity index (χ0v) is 12.5. The summed E-state index contributed by atoms with van der Waals surface area (Å²) in [5.41, 5.74) is 1.93. The number of carbonyl (C=O) groups is 1. The Labute approximate surface area is 130 Å². The van der Waals surface area contributed by atoms with Crippen molar-refractivity contribution in [3.63, 3.8) is 0 Å². The molecule has 114 valence electrons. The molecule has 4 nitrogen and oxygen atoms in total. The van der Waals surface area contributed by atoms with Gasteiger partial charge in [-0.1, -0.05) is 60.7 Å². The van der Waals surface area contributed by atoms with Gasteiger partial charge in [0, 0.05) is 5.56 Å². The van der Waals surface area contributed by atoms with Crippen LogP contribution in [0.15, 0.2) is 60.7 Å². The first-order valence-corrected chi connectivity index (χ1v) is 7.41. The molecule has 0 unspecified atom stereocenters. The van der Waals surface area contributed by atoms with Crippen molar-refractivity contribution < 1.29 is 14.3 Å². The standard InChI is InChI=1S/C18H19NO3/c1-14-12-21-17(16-10-6-3-7-11-16)19(14)18(20)22-13-15-8-4-2-5-9-15/h2-11,14,17H,12-13H2,1H3/t14-,17-/m0/s1. The van der Waals surface area contributed by atoms with Gasteiger partial charge in [0.15, 0.2) is 6.23 Å². The topological polar surface area (TPSA) is 38.8 Å². The number of carbonyl (C=O) groups excluding carboxylic acids is 1. The van der Waals surface area contributed by atoms with E-state index in [0.29, 0.717) is 6.61 Å². The minimum atomic E-state index is -0.375. The Kier molecular flexibility index (Phi) is 4.39. The molecule has 1 aliphatic heterocycles. The molecule has 0 aromatic heterocycles. The first-order chi connectivity index (χ1) is 10.8. The van der Waals surface area contributed by atoms with Crippen LogP contribution >= 0.6 is 0 Å². The van der Waals surface area contributed by atoms with Gasteiger partial charge in [-0.25, -0.2) is 4.79 Å². The fourth-order valence-electron chi connectivity index (χ4n) is 2.57. The molecule has 2 atom stereocenters. The number of ether oxygens (including phenoxy) is 2. The maximum absolute atomic E-state index is 12.4. The zero-order chi connectivity index (χ0) is 15.4. The van der Waals surface area contributed by atoms with Crippen LogP contribution in [-0.2, 0) is 16.1 Å². The Bertz CT molecular complexity index is 615. The first kappa shape index (κ1) is 14.6. The third-order valence-electron chi connectivity index (χ3n) is 3.72. The average molecular weight is 297 g/mol. The van der Waals surface area contributed by atoms with E-state index in [2.05, 4.69) is 0 Å². The molecule has 0 spiro atoms. The highest BCUT2D eigenvalue weighted by atomic mass is 16.6. The summed E-state index contributed by atoms with van der Waals surface area (Å²) in [6, 6.07) is 19.4. The lowest BCUT2D eigenvalue weighted by Gasteiger charge is -2.26. The van der Waals surface area contributed by atoms with Gasteiger partial charge in [-0.2, -0.15) is 0 Å². The van der Waals surface area contributed by atoms with Crippen molar-refractivity contribution in [2.45, 2.75) is 25.8 Å². The molecule has 1 heterocycles. The molecule has 4 heteroatoms. The average Bonchev–Trinajstić information content (AvgIpc) is 2.96. The van der Waals surface area contributed by atoms with Gasteiger partial charge in [-0.15, -0.1) is 0 Å². The van der Waals surface area contributed by atoms with Crippen LogP contribution in [0.4, 0.5) is 4.79 Å². The quantitative estimate of drug-likeness (QED) is 0.866. The van der Waals surface area contributed by atoms with Crippen LogP contribution in [0, 0.1) is 0 Å². The van der Waals surface area contributed by atoms with Crippen LogP contribution < -0.4 is 0 Å². The van der Waals surface area contributed by atoms with Gasteiger partial charge < -0.3 is 9.47 Å². The number of benzene rings is 2. The molecule has 1 amide bonds. The van der Waals surface area contributed by atoms with Crippen molar-refractivity contribution in [1.82, 2.24) is 4.90 Å². The number of hydrogen-bond acceptors (Lipinski definition) is 3. The van der Waals surface area contributed by atoms with Crippen LogP contribution in [0.3, 0.4) is 0 Å². The van der Waals surface area contributed by atoms with Gasteiger partial charge in [0.25, 0.3) is 0 Å². The van der Waals surface area contributed by atoms with Crippen molar-refractivity contribution in [3.05, 3.63) is 71.8 Å². The number of rotatable bonds is 3. The molecular formula is C18H19NO3. The first-order valence-electron chi connectivity index (χ1n) is 7.41. The molecule has 2 aromatic rings. The predicted molar refractivity (Wildman–Crippen MR) is 83.1 cm³/mol. The Hall–Kier alpha value is -2.33. The van der Waals surface area contributed by atoms with Crippen molar-refractivity contribution in [3.8, 4) is 0 Å². The minimum Gasteiger partial charge on any atom is -0.444 e. The van der Waals surface area contributed by atoms with Gasteiger partial charge >= 0.3 is 6.09 Å². The van der Waals surface area contributed by atoms with Crippen LogP contribution in [0.2, 0.25) is 0 Å². The van der Waals surface area contributed by atoms with Crippen molar-refractivity contribution in [1.29, 1.82) is 0 Å². The Morgan fingerprint density at radius 1 is 1.14 bits per heavy atom. The van der Waals surface area contributed by atoms with Crippen molar-refractivity contribution in [2.75, 3.05) is 6.61 Å². The third-order valence-corrected chi connectivity index (χ3v) is 3.72. The highest BCUT2D eigenvalue weighted by Crippen LogP contribution is 2.31. The molecule has 0 saturated carbocycles. The third kappa shape index (κ3) is 3.12. The fraction of sp³-hybridized carbons (Fsp3) is 0.278. The summed E-state index contributed by atoms with van der Waals surface area (Å²) >= 11 is 0. The summed E-state index contributed by atoms with van der Waals surface area (Å²) in [7, 11) is 0. The van der Waals surface area contributed by atoms with Gasteiger partial charge in [-0.3, -0.25) is 4.90 Å². The highest BCUT2D eigenvalue weighted by Gasteiger charge is 2.37. The van der Waals surface area contributed by atoms with Crippen LogP contribution in [0.5, 0.6) is 0 Å². The SMILES string of the molecule is C[C@H]1CO[C@@H](c2ccccc2)N1C(=O)OCc1ccccc1. The molecule has 0 bridgehead atoms. The molecule has 2 aromatic carbocycles. The Morgan fingerprint density at radius 3 is 2.45 bits per heavy atom. The lowest BCUT2D eigenvalue weighted by atomic mass is 10.2. The predicted octanol–water partition coefficient (Wildman–Crippen LogP) is 3.74. The van der Waals surface area contributed by atoms with Crippen molar-refractivity contribution >= 4 is 6.09 Å². The van der Waals surface area contributed by atoms with Crippen LogP contribution in [0.25, 0.3) is 0 Å². The van der Waals surface area contributed by atoms with E-state index < -0.39 is 0 Å². The number of nitrogens with zero attached hydrogens (tertiary/aromatic N) is 1. The highest BCUT2D eigenvalue weighted by molar-refractivity contribution is 5.69. The molecule has 1 aliphatic rings. The molecule has 1 saturated heterocycles. The van der Waals surface area contributed by atoms with E-state index in [1.807, 2.05) is 67.6 Å². The van der Waals surface area contributed by atoms with E-state index in [-0.39, 0.29) is 25.0 Å². The lowest BCUT2D eigenvalue weighted by molar-refractivity contribution is 0.0181. The van der Waals surface area contributed by atoms with Gasteiger partial charge in [0.2, 0.25) is 0 Å². The summed E-state index contributed by atoms with van der Waals surface area (Å²) in [5.74, 6) is 0. The molecule has 0 N–H and O–H groups in total. The summed E-state index contributed by atoms with van der Waals surface area (Å²) in [4.78, 5) is 14.1. The summed E-state index contributed by atoms with van der Waals surface area (Å²) < 4.78 is 11.2. The second-order valence-electron chi connectivity index (χ2n) is 5.39. The van der Waals surface area contributed by atoms with Crippen LogP contribution in [-0.4, -0.2) is 23.6 Å². The van der Waals surface area contributed by atoms with E-state index in [1.165, 1.54) is 0 Å². The molecular weight excluding hydrogens is 278 g/mol. The van der Waals surface area contributed by atoms with E-state index in [9.17, 15) is 4.79 Å². The summed E-state index contributed by atoms with van der Waals surface area (Å²) in [5, 5.41) is 0. The number of amides is 1. The molecule has 3 rings (SSSR count). The Morgan fingerprint density at radius 2 is 1.77 bits per heavy atom.